The lowest BCUT2D eigenvalue weighted by molar-refractivity contribution is -0.432. The van der Waals surface area contributed by atoms with Crippen molar-refractivity contribution in [2.45, 2.75) is 71.2 Å². The van der Waals surface area contributed by atoms with Crippen molar-refractivity contribution in [3.63, 3.8) is 0 Å². The Labute approximate surface area is 110 Å². The average molecular weight is 254 g/mol. The zero-order valence-electron chi connectivity index (χ0n) is 11.8. The third-order valence-corrected chi connectivity index (χ3v) is 4.42. The summed E-state index contributed by atoms with van der Waals surface area (Å²) in [5, 5.41) is 10.4. The second kappa shape index (κ2) is 5.72. The highest BCUT2D eigenvalue weighted by molar-refractivity contribution is 5.17. The first-order valence-corrected chi connectivity index (χ1v) is 7.31. The molecular weight excluding hydrogens is 228 g/mol. The van der Waals surface area contributed by atoms with E-state index >= 15 is 0 Å². The maximum absolute atomic E-state index is 10.4. The molecule has 18 heavy (non-hydrogen) atoms. The van der Waals surface area contributed by atoms with Crippen LogP contribution < -0.4 is 0 Å². The van der Waals surface area contributed by atoms with Crippen molar-refractivity contribution in [2.24, 2.45) is 11.8 Å². The van der Waals surface area contributed by atoms with E-state index in [9.17, 15) is 5.11 Å². The van der Waals surface area contributed by atoms with E-state index in [1.165, 1.54) is 18.4 Å². The van der Waals surface area contributed by atoms with Gasteiger partial charge in [0.25, 0.3) is 0 Å². The summed E-state index contributed by atoms with van der Waals surface area (Å²) in [5.41, 5.74) is 1.26. The minimum Gasteiger partial charge on any atom is -0.360 e. The fraction of sp³-hybridized carbons (Fsp3) is 0.867. The quantitative estimate of drug-likeness (QED) is 0.361. The molecule has 2 rings (SSSR count). The number of rotatable bonds is 4. The molecule has 0 aromatic heterocycles. The summed E-state index contributed by atoms with van der Waals surface area (Å²) in [7, 11) is 0. The van der Waals surface area contributed by atoms with Gasteiger partial charge in [0, 0.05) is 5.92 Å². The van der Waals surface area contributed by atoms with Crippen LogP contribution in [0, 0.1) is 11.8 Å². The van der Waals surface area contributed by atoms with Crippen molar-refractivity contribution < 1.29 is 14.9 Å². The zero-order valence-corrected chi connectivity index (χ0v) is 11.8. The molecular formula is C15H26O3. The Bertz CT molecular complexity index is 305. The van der Waals surface area contributed by atoms with Crippen molar-refractivity contribution in [3.05, 3.63) is 11.6 Å². The molecule has 3 nitrogen and oxygen atoms in total. The van der Waals surface area contributed by atoms with Crippen molar-refractivity contribution in [1.82, 2.24) is 0 Å². The minimum atomic E-state index is -1.21. The van der Waals surface area contributed by atoms with Crippen LogP contribution in [0.1, 0.15) is 59.3 Å². The molecule has 1 fully saturated rings. The van der Waals surface area contributed by atoms with Crippen LogP contribution in [0.15, 0.2) is 11.6 Å². The van der Waals surface area contributed by atoms with Crippen LogP contribution in [0.25, 0.3) is 0 Å². The fourth-order valence-corrected chi connectivity index (χ4v) is 2.86. The van der Waals surface area contributed by atoms with Gasteiger partial charge in [0.15, 0.2) is 0 Å². The summed E-state index contributed by atoms with van der Waals surface area (Å²) < 4.78 is 0. The monoisotopic (exact) mass is 254 g/mol. The number of aliphatic hydroxyl groups is 1. The molecule has 0 bridgehead atoms. The molecule has 0 aliphatic heterocycles. The Kier molecular flexibility index (Phi) is 4.46. The third kappa shape index (κ3) is 3.14. The summed E-state index contributed by atoms with van der Waals surface area (Å²) >= 11 is 0. The van der Waals surface area contributed by atoms with Gasteiger partial charge in [0.2, 0.25) is 5.79 Å². The smallest absolute Gasteiger partial charge is 0.221 e. The maximum Gasteiger partial charge on any atom is 0.221 e. The van der Waals surface area contributed by atoms with Crippen LogP contribution in [-0.4, -0.2) is 17.0 Å². The van der Waals surface area contributed by atoms with Crippen LogP contribution in [0.5, 0.6) is 0 Å². The highest BCUT2D eigenvalue weighted by Gasteiger charge is 2.40. The van der Waals surface area contributed by atoms with Gasteiger partial charge in [0.05, 0.1) is 6.10 Å². The van der Waals surface area contributed by atoms with Crippen molar-refractivity contribution in [2.75, 3.05) is 0 Å². The molecule has 2 atom stereocenters. The molecule has 0 spiro atoms. The molecule has 0 heterocycles. The standard InChI is InChI=1S/C15H26O3/c1-4-13-9-12(3)15(16,10-13)18-17-14-7-5-11(2)6-8-14/h10-12,14,16H,4-9H2,1-3H3. The van der Waals surface area contributed by atoms with Gasteiger partial charge in [0.1, 0.15) is 0 Å². The predicted molar refractivity (Wildman–Crippen MR) is 70.7 cm³/mol. The van der Waals surface area contributed by atoms with Gasteiger partial charge in [-0.25, -0.2) is 4.89 Å². The van der Waals surface area contributed by atoms with Crippen molar-refractivity contribution in [1.29, 1.82) is 0 Å². The van der Waals surface area contributed by atoms with E-state index < -0.39 is 5.79 Å². The molecule has 1 N–H and O–H groups in total. The second-order valence-corrected chi connectivity index (χ2v) is 6.07. The summed E-state index contributed by atoms with van der Waals surface area (Å²) in [6, 6.07) is 0. The molecule has 0 aromatic carbocycles. The highest BCUT2D eigenvalue weighted by atomic mass is 17.2. The lowest BCUT2D eigenvalue weighted by Crippen LogP contribution is -2.36. The molecule has 0 radical (unpaired) electrons. The molecule has 3 heteroatoms. The van der Waals surface area contributed by atoms with E-state index in [1.807, 2.05) is 13.0 Å². The fourth-order valence-electron chi connectivity index (χ4n) is 2.86. The predicted octanol–water partition coefficient (Wildman–Crippen LogP) is 3.58. The molecule has 1 saturated carbocycles. The lowest BCUT2D eigenvalue weighted by Gasteiger charge is -2.30. The molecule has 2 aliphatic carbocycles. The number of allylic oxidation sites excluding steroid dienone is 1. The maximum atomic E-state index is 10.4. The van der Waals surface area contributed by atoms with Crippen LogP contribution in [-0.2, 0) is 9.78 Å². The Morgan fingerprint density at radius 2 is 1.94 bits per heavy atom. The third-order valence-electron chi connectivity index (χ3n) is 4.42. The normalized spacial score (nSPS) is 40.9. The van der Waals surface area contributed by atoms with E-state index in [1.54, 1.807) is 0 Å². The number of hydrogen-bond donors (Lipinski definition) is 1. The average Bonchev–Trinajstić information content (AvgIpc) is 2.65. The van der Waals surface area contributed by atoms with Crippen molar-refractivity contribution >= 4 is 0 Å². The SMILES string of the molecule is CCC1=CC(O)(OOC2CCC(C)CC2)C(C)C1. The Morgan fingerprint density at radius 1 is 1.28 bits per heavy atom. The molecule has 2 unspecified atom stereocenters. The molecule has 104 valence electrons. The molecule has 0 amide bonds. The zero-order chi connectivity index (χ0) is 13.2. The topological polar surface area (TPSA) is 38.7 Å². The van der Waals surface area contributed by atoms with Crippen molar-refractivity contribution in [3.8, 4) is 0 Å². The largest absolute Gasteiger partial charge is 0.360 e. The first kappa shape index (κ1) is 14.0. The van der Waals surface area contributed by atoms with Gasteiger partial charge in [-0.2, -0.15) is 4.89 Å². The second-order valence-electron chi connectivity index (χ2n) is 6.07. The Balaban J connectivity index is 1.84. The Morgan fingerprint density at radius 3 is 2.50 bits per heavy atom. The van der Waals surface area contributed by atoms with Gasteiger partial charge in [-0.05, 0) is 50.5 Å². The summed E-state index contributed by atoms with van der Waals surface area (Å²) in [5.74, 6) is -0.339. The van der Waals surface area contributed by atoms with E-state index in [-0.39, 0.29) is 12.0 Å². The first-order chi connectivity index (χ1) is 8.53. The van der Waals surface area contributed by atoms with Gasteiger partial charge >= 0.3 is 0 Å². The van der Waals surface area contributed by atoms with E-state index in [0.717, 1.165) is 31.6 Å². The van der Waals surface area contributed by atoms with Gasteiger partial charge < -0.3 is 5.11 Å². The van der Waals surface area contributed by atoms with Gasteiger partial charge in [-0.1, -0.05) is 26.3 Å². The number of hydrogen-bond acceptors (Lipinski definition) is 3. The molecule has 0 aromatic rings. The molecule has 0 saturated heterocycles. The van der Waals surface area contributed by atoms with Crippen LogP contribution in [0.4, 0.5) is 0 Å². The summed E-state index contributed by atoms with van der Waals surface area (Å²) in [6.45, 7) is 6.39. The minimum absolute atomic E-state index is 0.0787. The highest BCUT2D eigenvalue weighted by Crippen LogP contribution is 2.37. The first-order valence-electron chi connectivity index (χ1n) is 7.31. The summed E-state index contributed by atoms with van der Waals surface area (Å²) in [6.07, 6.45) is 8.32. The van der Waals surface area contributed by atoms with E-state index in [2.05, 4.69) is 13.8 Å². The van der Waals surface area contributed by atoms with Gasteiger partial charge in [-0.15, -0.1) is 0 Å². The van der Waals surface area contributed by atoms with E-state index in [4.69, 9.17) is 9.78 Å². The Hall–Kier alpha value is -0.380. The van der Waals surface area contributed by atoms with Crippen LogP contribution in [0.3, 0.4) is 0 Å². The molecule has 2 aliphatic rings. The van der Waals surface area contributed by atoms with Gasteiger partial charge in [-0.3, -0.25) is 0 Å². The van der Waals surface area contributed by atoms with Crippen LogP contribution >= 0.6 is 0 Å². The summed E-state index contributed by atoms with van der Waals surface area (Å²) in [4.78, 5) is 10.9. The van der Waals surface area contributed by atoms with E-state index in [0.29, 0.717) is 0 Å². The lowest BCUT2D eigenvalue weighted by atomic mass is 9.89. The van der Waals surface area contributed by atoms with Crippen LogP contribution in [0.2, 0.25) is 0 Å².